The monoisotopic (exact) mass is 254 g/mol. The van der Waals surface area contributed by atoms with Crippen LogP contribution in [0.25, 0.3) is 0 Å². The van der Waals surface area contributed by atoms with Crippen LogP contribution in [0.3, 0.4) is 0 Å². The van der Waals surface area contributed by atoms with Crippen LogP contribution in [0.15, 0.2) is 6.07 Å². The summed E-state index contributed by atoms with van der Waals surface area (Å²) >= 11 is 5.93. The van der Waals surface area contributed by atoms with E-state index < -0.39 is 0 Å². The fourth-order valence-corrected chi connectivity index (χ4v) is 2.43. The predicted molar refractivity (Wildman–Crippen MR) is 68.8 cm³/mol. The third-order valence-corrected chi connectivity index (χ3v) is 3.53. The molecule has 2 unspecified atom stereocenters. The first-order valence-electron chi connectivity index (χ1n) is 6.02. The Morgan fingerprint density at radius 2 is 2.29 bits per heavy atom. The van der Waals surface area contributed by atoms with Gasteiger partial charge in [-0.05, 0) is 31.9 Å². The zero-order chi connectivity index (χ0) is 12.4. The van der Waals surface area contributed by atoms with E-state index in [2.05, 4.69) is 21.8 Å². The van der Waals surface area contributed by atoms with Crippen LogP contribution in [-0.4, -0.2) is 34.0 Å². The van der Waals surface area contributed by atoms with Crippen LogP contribution in [0.4, 0.5) is 0 Å². The second-order valence-electron chi connectivity index (χ2n) is 4.91. The lowest BCUT2D eigenvalue weighted by Gasteiger charge is -2.34. The average Bonchev–Trinajstić information content (AvgIpc) is 2.22. The molecule has 5 heteroatoms. The van der Waals surface area contributed by atoms with Gasteiger partial charge in [-0.25, -0.2) is 9.97 Å². The zero-order valence-electron chi connectivity index (χ0n) is 10.4. The summed E-state index contributed by atoms with van der Waals surface area (Å²) in [7, 11) is 0. The van der Waals surface area contributed by atoms with E-state index in [0.29, 0.717) is 11.1 Å². The van der Waals surface area contributed by atoms with Crippen molar-refractivity contribution in [1.82, 2.24) is 14.9 Å². The van der Waals surface area contributed by atoms with Crippen LogP contribution in [0.2, 0.25) is 5.15 Å². The highest BCUT2D eigenvalue weighted by Gasteiger charge is 2.23. The highest BCUT2D eigenvalue weighted by molar-refractivity contribution is 6.29. The summed E-state index contributed by atoms with van der Waals surface area (Å²) in [5.41, 5.74) is 6.99. The van der Waals surface area contributed by atoms with E-state index in [0.717, 1.165) is 37.6 Å². The SMILES string of the molecule is Cc1cc(Cl)nc(CN2CCC(C)C(N)C2)n1. The third-order valence-electron chi connectivity index (χ3n) is 3.33. The number of nitrogens with zero attached hydrogens (tertiary/aromatic N) is 3. The fraction of sp³-hybridized carbons (Fsp3) is 0.667. The number of likely N-dealkylation sites (tertiary alicyclic amines) is 1. The maximum Gasteiger partial charge on any atom is 0.144 e. The van der Waals surface area contributed by atoms with Crippen molar-refractivity contribution in [1.29, 1.82) is 0 Å². The Labute approximate surface area is 107 Å². The van der Waals surface area contributed by atoms with Crippen molar-refractivity contribution in [2.24, 2.45) is 11.7 Å². The first-order valence-corrected chi connectivity index (χ1v) is 6.40. The van der Waals surface area contributed by atoms with Gasteiger partial charge in [0.1, 0.15) is 11.0 Å². The first kappa shape index (κ1) is 12.7. The predicted octanol–water partition coefficient (Wildman–Crippen LogP) is 1.61. The van der Waals surface area contributed by atoms with E-state index >= 15 is 0 Å². The molecule has 0 amide bonds. The van der Waals surface area contributed by atoms with E-state index in [-0.39, 0.29) is 6.04 Å². The molecular formula is C12H19ClN4. The van der Waals surface area contributed by atoms with Crippen molar-refractivity contribution in [3.8, 4) is 0 Å². The molecule has 1 aromatic heterocycles. The Balaban J connectivity index is 2.01. The molecule has 1 aromatic rings. The molecule has 4 nitrogen and oxygen atoms in total. The average molecular weight is 255 g/mol. The van der Waals surface area contributed by atoms with Crippen molar-refractivity contribution in [2.45, 2.75) is 32.9 Å². The van der Waals surface area contributed by atoms with Gasteiger partial charge in [0.05, 0.1) is 6.54 Å². The summed E-state index contributed by atoms with van der Waals surface area (Å²) in [6.45, 7) is 6.85. The molecule has 94 valence electrons. The Kier molecular flexibility index (Phi) is 3.97. The molecule has 2 rings (SSSR count). The van der Waals surface area contributed by atoms with Gasteiger partial charge in [0.2, 0.25) is 0 Å². The van der Waals surface area contributed by atoms with Gasteiger partial charge in [-0.1, -0.05) is 18.5 Å². The highest BCUT2D eigenvalue weighted by Crippen LogP contribution is 2.17. The molecule has 1 saturated heterocycles. The Morgan fingerprint density at radius 3 is 2.94 bits per heavy atom. The van der Waals surface area contributed by atoms with Crippen molar-refractivity contribution < 1.29 is 0 Å². The number of halogens is 1. The van der Waals surface area contributed by atoms with Crippen molar-refractivity contribution in [3.63, 3.8) is 0 Å². The molecule has 2 N–H and O–H groups in total. The molecule has 0 aliphatic carbocycles. The van der Waals surface area contributed by atoms with Gasteiger partial charge in [-0.15, -0.1) is 0 Å². The number of piperidine rings is 1. The normalized spacial score (nSPS) is 26.1. The zero-order valence-corrected chi connectivity index (χ0v) is 11.1. The number of aromatic nitrogens is 2. The Morgan fingerprint density at radius 1 is 1.53 bits per heavy atom. The van der Waals surface area contributed by atoms with E-state index in [1.165, 1.54) is 0 Å². The van der Waals surface area contributed by atoms with Gasteiger partial charge in [0, 0.05) is 18.3 Å². The summed E-state index contributed by atoms with van der Waals surface area (Å²) in [6.07, 6.45) is 1.14. The molecule has 1 fully saturated rings. The minimum atomic E-state index is 0.254. The molecule has 2 heterocycles. The topological polar surface area (TPSA) is 55.0 Å². The summed E-state index contributed by atoms with van der Waals surface area (Å²) < 4.78 is 0. The smallest absolute Gasteiger partial charge is 0.144 e. The van der Waals surface area contributed by atoms with Gasteiger partial charge >= 0.3 is 0 Å². The molecule has 17 heavy (non-hydrogen) atoms. The number of aryl methyl sites for hydroxylation is 1. The molecule has 1 aliphatic heterocycles. The van der Waals surface area contributed by atoms with Crippen LogP contribution >= 0.6 is 11.6 Å². The lowest BCUT2D eigenvalue weighted by molar-refractivity contribution is 0.159. The molecule has 0 saturated carbocycles. The lowest BCUT2D eigenvalue weighted by Crippen LogP contribution is -2.47. The molecule has 0 bridgehead atoms. The van der Waals surface area contributed by atoms with Crippen LogP contribution in [0.1, 0.15) is 24.9 Å². The largest absolute Gasteiger partial charge is 0.326 e. The van der Waals surface area contributed by atoms with Crippen LogP contribution in [-0.2, 0) is 6.54 Å². The third kappa shape index (κ3) is 3.37. The van der Waals surface area contributed by atoms with E-state index in [1.54, 1.807) is 6.07 Å². The standard InChI is InChI=1S/C12H19ClN4/c1-8-3-4-17(6-10(8)14)7-12-15-9(2)5-11(13)16-12/h5,8,10H,3-4,6-7,14H2,1-2H3. The second kappa shape index (κ2) is 5.29. The molecule has 0 radical (unpaired) electrons. The van der Waals surface area contributed by atoms with E-state index in [9.17, 15) is 0 Å². The highest BCUT2D eigenvalue weighted by atomic mass is 35.5. The van der Waals surface area contributed by atoms with Crippen molar-refractivity contribution in [2.75, 3.05) is 13.1 Å². The van der Waals surface area contributed by atoms with Crippen molar-refractivity contribution >= 4 is 11.6 Å². The lowest BCUT2D eigenvalue weighted by atomic mass is 9.94. The summed E-state index contributed by atoms with van der Waals surface area (Å²) in [6, 6.07) is 2.03. The van der Waals surface area contributed by atoms with Gasteiger partial charge in [-0.3, -0.25) is 4.90 Å². The van der Waals surface area contributed by atoms with Gasteiger partial charge < -0.3 is 5.73 Å². The minimum absolute atomic E-state index is 0.254. The number of nitrogens with two attached hydrogens (primary N) is 1. The fourth-order valence-electron chi connectivity index (χ4n) is 2.17. The maximum atomic E-state index is 6.07. The van der Waals surface area contributed by atoms with Crippen LogP contribution in [0, 0.1) is 12.8 Å². The molecule has 0 spiro atoms. The molecule has 1 aliphatic rings. The number of hydrogen-bond acceptors (Lipinski definition) is 4. The van der Waals surface area contributed by atoms with E-state index in [4.69, 9.17) is 17.3 Å². The summed E-state index contributed by atoms with van der Waals surface area (Å²) in [5, 5.41) is 0.516. The van der Waals surface area contributed by atoms with Gasteiger partial charge in [-0.2, -0.15) is 0 Å². The number of hydrogen-bond donors (Lipinski definition) is 1. The van der Waals surface area contributed by atoms with Crippen molar-refractivity contribution in [3.05, 3.63) is 22.7 Å². The quantitative estimate of drug-likeness (QED) is 0.815. The minimum Gasteiger partial charge on any atom is -0.326 e. The van der Waals surface area contributed by atoms with E-state index in [1.807, 2.05) is 6.92 Å². The molecular weight excluding hydrogens is 236 g/mol. The maximum absolute atomic E-state index is 6.07. The second-order valence-corrected chi connectivity index (χ2v) is 5.30. The Bertz CT molecular complexity index is 376. The van der Waals surface area contributed by atoms with Gasteiger partial charge in [0.15, 0.2) is 0 Å². The van der Waals surface area contributed by atoms with Gasteiger partial charge in [0.25, 0.3) is 0 Å². The van der Waals surface area contributed by atoms with Crippen LogP contribution < -0.4 is 5.73 Å². The Hall–Kier alpha value is -0.710. The first-order chi connectivity index (χ1) is 8.04. The summed E-state index contributed by atoms with van der Waals surface area (Å²) in [4.78, 5) is 10.9. The summed E-state index contributed by atoms with van der Waals surface area (Å²) in [5.74, 6) is 1.39. The molecule has 0 aromatic carbocycles. The number of rotatable bonds is 2. The molecule has 2 atom stereocenters. The van der Waals surface area contributed by atoms with Crippen LogP contribution in [0.5, 0.6) is 0 Å².